The van der Waals surface area contributed by atoms with E-state index in [-0.39, 0.29) is 17.5 Å². The monoisotopic (exact) mass is 366 g/mol. The fraction of sp³-hybridized carbons (Fsp3) is 0.368. The smallest absolute Gasteiger partial charge is 0.261 e. The molecule has 1 aliphatic rings. The van der Waals surface area contributed by atoms with Crippen molar-refractivity contribution in [1.82, 2.24) is 24.6 Å². The van der Waals surface area contributed by atoms with Crippen LogP contribution in [0.4, 0.5) is 5.69 Å². The number of aromatic amines is 1. The Hall–Kier alpha value is -3.16. The summed E-state index contributed by atoms with van der Waals surface area (Å²) < 4.78 is 1.64. The van der Waals surface area contributed by atoms with Gasteiger partial charge in [0.05, 0.1) is 29.0 Å². The molecule has 2 aromatic heterocycles. The van der Waals surface area contributed by atoms with Gasteiger partial charge in [-0.1, -0.05) is 0 Å². The van der Waals surface area contributed by atoms with Crippen molar-refractivity contribution in [3.05, 3.63) is 52.8 Å². The summed E-state index contributed by atoms with van der Waals surface area (Å²) in [6.45, 7) is 6.69. The van der Waals surface area contributed by atoms with Crippen molar-refractivity contribution in [3.8, 4) is 0 Å². The van der Waals surface area contributed by atoms with Gasteiger partial charge in [0.1, 0.15) is 0 Å². The summed E-state index contributed by atoms with van der Waals surface area (Å²) >= 11 is 0. The first-order valence-corrected chi connectivity index (χ1v) is 9.08. The normalized spacial score (nSPS) is 14.9. The Balaban J connectivity index is 1.51. The molecule has 0 bridgehead atoms. The Bertz CT molecular complexity index is 1020. The highest BCUT2D eigenvalue weighted by Crippen LogP contribution is 2.21. The molecular weight excluding hydrogens is 344 g/mol. The lowest BCUT2D eigenvalue weighted by molar-refractivity contribution is 0.0747. The number of benzene rings is 1. The van der Waals surface area contributed by atoms with E-state index >= 15 is 0 Å². The van der Waals surface area contributed by atoms with Crippen molar-refractivity contribution >= 4 is 22.5 Å². The number of H-pyrrole nitrogens is 1. The molecule has 27 heavy (non-hydrogen) atoms. The van der Waals surface area contributed by atoms with E-state index < -0.39 is 0 Å². The van der Waals surface area contributed by atoms with Crippen LogP contribution in [-0.2, 0) is 0 Å². The molecule has 0 unspecified atom stereocenters. The van der Waals surface area contributed by atoms with Gasteiger partial charge in [-0.3, -0.25) is 19.3 Å². The third-order valence-corrected chi connectivity index (χ3v) is 5.00. The van der Waals surface area contributed by atoms with E-state index in [0.717, 1.165) is 18.8 Å². The molecule has 1 fully saturated rings. The van der Waals surface area contributed by atoms with Gasteiger partial charge >= 0.3 is 0 Å². The second kappa shape index (κ2) is 6.86. The number of amides is 1. The molecule has 0 aliphatic carbocycles. The summed E-state index contributed by atoms with van der Waals surface area (Å²) in [5.41, 5.74) is 2.29. The predicted molar refractivity (Wildman–Crippen MR) is 103 cm³/mol. The van der Waals surface area contributed by atoms with Crippen molar-refractivity contribution in [3.63, 3.8) is 0 Å². The Morgan fingerprint density at radius 3 is 2.63 bits per heavy atom. The zero-order valence-electron chi connectivity index (χ0n) is 15.4. The summed E-state index contributed by atoms with van der Waals surface area (Å²) in [5.74, 6) is -0.00202. The van der Waals surface area contributed by atoms with Gasteiger partial charge in [-0.15, -0.1) is 0 Å². The molecule has 3 aromatic rings. The van der Waals surface area contributed by atoms with Crippen molar-refractivity contribution in [2.45, 2.75) is 19.9 Å². The van der Waals surface area contributed by atoms with E-state index in [1.165, 1.54) is 0 Å². The first kappa shape index (κ1) is 17.3. The van der Waals surface area contributed by atoms with Crippen LogP contribution in [-0.4, -0.2) is 56.7 Å². The van der Waals surface area contributed by atoms with Gasteiger partial charge < -0.3 is 9.80 Å². The molecule has 1 saturated heterocycles. The molecular formula is C19H22N6O2. The summed E-state index contributed by atoms with van der Waals surface area (Å²) in [7, 11) is 0. The van der Waals surface area contributed by atoms with Crippen molar-refractivity contribution < 1.29 is 4.79 Å². The summed E-state index contributed by atoms with van der Waals surface area (Å²) in [4.78, 5) is 33.5. The first-order valence-electron chi connectivity index (χ1n) is 9.08. The molecule has 3 heterocycles. The molecule has 1 aliphatic heterocycles. The molecule has 1 amide bonds. The molecule has 140 valence electrons. The highest BCUT2D eigenvalue weighted by molar-refractivity contribution is 5.93. The van der Waals surface area contributed by atoms with E-state index in [4.69, 9.17) is 0 Å². The average molecular weight is 366 g/mol. The van der Waals surface area contributed by atoms with E-state index in [1.54, 1.807) is 23.3 Å². The van der Waals surface area contributed by atoms with E-state index in [1.807, 2.05) is 36.9 Å². The predicted octanol–water partition coefficient (Wildman–Crippen LogP) is 1.66. The third-order valence-electron chi connectivity index (χ3n) is 5.00. The van der Waals surface area contributed by atoms with Gasteiger partial charge in [-0.25, -0.2) is 4.98 Å². The van der Waals surface area contributed by atoms with E-state index in [9.17, 15) is 9.59 Å². The van der Waals surface area contributed by atoms with Crippen LogP contribution in [0.1, 0.15) is 30.2 Å². The number of nitrogens with one attached hydrogen (secondary N) is 1. The largest absolute Gasteiger partial charge is 0.368 e. The number of piperazine rings is 1. The third kappa shape index (κ3) is 3.18. The summed E-state index contributed by atoms with van der Waals surface area (Å²) in [6, 6.07) is 5.84. The second-order valence-corrected chi connectivity index (χ2v) is 7.02. The van der Waals surface area contributed by atoms with Gasteiger partial charge in [0.25, 0.3) is 11.5 Å². The molecule has 0 saturated carbocycles. The van der Waals surface area contributed by atoms with Gasteiger partial charge in [0.15, 0.2) is 0 Å². The number of carbonyl (C=O) groups is 1. The summed E-state index contributed by atoms with van der Waals surface area (Å²) in [5, 5.41) is 7.14. The minimum absolute atomic E-state index is 0.00202. The van der Waals surface area contributed by atoms with Crippen LogP contribution in [0.15, 0.2) is 41.7 Å². The number of rotatable bonds is 3. The zero-order chi connectivity index (χ0) is 19.0. The van der Waals surface area contributed by atoms with E-state index in [0.29, 0.717) is 29.6 Å². The maximum absolute atomic E-state index is 12.5. The summed E-state index contributed by atoms with van der Waals surface area (Å²) in [6.07, 6.45) is 4.78. The maximum atomic E-state index is 12.5. The molecule has 4 rings (SSSR count). The highest BCUT2D eigenvalue weighted by atomic mass is 16.2. The van der Waals surface area contributed by atoms with Crippen LogP contribution >= 0.6 is 0 Å². The molecule has 0 spiro atoms. The van der Waals surface area contributed by atoms with Crippen LogP contribution in [0.25, 0.3) is 10.9 Å². The average Bonchev–Trinajstić information content (AvgIpc) is 3.22. The van der Waals surface area contributed by atoms with Crippen molar-refractivity contribution in [2.24, 2.45) is 0 Å². The molecule has 0 radical (unpaired) electrons. The van der Waals surface area contributed by atoms with Crippen LogP contribution in [0.2, 0.25) is 0 Å². The second-order valence-electron chi connectivity index (χ2n) is 7.02. The maximum Gasteiger partial charge on any atom is 0.261 e. The number of nitrogens with zero attached hydrogens (tertiary/aromatic N) is 5. The number of hydrogen-bond donors (Lipinski definition) is 1. The van der Waals surface area contributed by atoms with Crippen LogP contribution < -0.4 is 10.5 Å². The Labute approximate surface area is 156 Å². The van der Waals surface area contributed by atoms with Crippen LogP contribution in [0.3, 0.4) is 0 Å². The lowest BCUT2D eigenvalue weighted by atomic mass is 10.1. The fourth-order valence-corrected chi connectivity index (χ4v) is 3.41. The van der Waals surface area contributed by atoms with Crippen molar-refractivity contribution in [1.29, 1.82) is 0 Å². The highest BCUT2D eigenvalue weighted by Gasteiger charge is 2.23. The number of hydrogen-bond acceptors (Lipinski definition) is 5. The minimum atomic E-state index is -0.0166. The molecule has 1 aromatic carbocycles. The Morgan fingerprint density at radius 1 is 1.19 bits per heavy atom. The number of fused-ring (bicyclic) bond motifs is 1. The van der Waals surface area contributed by atoms with Gasteiger partial charge in [0, 0.05) is 44.1 Å². The number of anilines is 1. The fourth-order valence-electron chi connectivity index (χ4n) is 3.41. The minimum Gasteiger partial charge on any atom is -0.368 e. The molecule has 8 heteroatoms. The number of aromatic nitrogens is 4. The van der Waals surface area contributed by atoms with E-state index in [2.05, 4.69) is 20.1 Å². The number of carbonyl (C=O) groups excluding carboxylic acids is 1. The van der Waals surface area contributed by atoms with Gasteiger partial charge in [-0.2, -0.15) is 5.10 Å². The van der Waals surface area contributed by atoms with Crippen LogP contribution in [0, 0.1) is 0 Å². The lowest BCUT2D eigenvalue weighted by Crippen LogP contribution is -2.48. The Morgan fingerprint density at radius 2 is 1.96 bits per heavy atom. The zero-order valence-corrected chi connectivity index (χ0v) is 15.4. The first-order chi connectivity index (χ1) is 13.0. The molecule has 8 nitrogen and oxygen atoms in total. The van der Waals surface area contributed by atoms with Crippen molar-refractivity contribution in [2.75, 3.05) is 31.1 Å². The molecule has 0 atom stereocenters. The van der Waals surface area contributed by atoms with Gasteiger partial charge in [0.2, 0.25) is 0 Å². The topological polar surface area (TPSA) is 87.1 Å². The lowest BCUT2D eigenvalue weighted by Gasteiger charge is -2.36. The SMILES string of the molecule is CC(C)n1cnc2cc(N3CCN(C(=O)c4cn[nH]c4)CC3)ccc2c1=O. The van der Waals surface area contributed by atoms with Crippen LogP contribution in [0.5, 0.6) is 0 Å². The Kier molecular flexibility index (Phi) is 4.39. The quantitative estimate of drug-likeness (QED) is 0.762. The molecule has 1 N–H and O–H groups in total. The van der Waals surface area contributed by atoms with Gasteiger partial charge in [-0.05, 0) is 32.0 Å². The standard InChI is InChI=1S/C19H22N6O2/c1-13(2)25-12-20-17-9-15(3-4-16(17)19(25)27)23-5-7-24(8-6-23)18(26)14-10-21-22-11-14/h3-4,9-13H,5-8H2,1-2H3,(H,21,22).